The number of carbonyl (C=O) groups is 1. The van der Waals surface area contributed by atoms with Crippen molar-refractivity contribution in [1.29, 1.82) is 0 Å². The zero-order valence-corrected chi connectivity index (χ0v) is 17.9. The number of thiophene rings is 1. The molecule has 0 radical (unpaired) electrons. The summed E-state index contributed by atoms with van der Waals surface area (Å²) in [6, 6.07) is 26.3. The van der Waals surface area contributed by atoms with Crippen molar-refractivity contribution >= 4 is 28.1 Å². The van der Waals surface area contributed by atoms with E-state index in [-0.39, 0.29) is 17.8 Å². The van der Waals surface area contributed by atoms with Gasteiger partial charge in [-0.25, -0.2) is 4.39 Å². The highest BCUT2D eigenvalue weighted by Gasteiger charge is 2.40. The van der Waals surface area contributed by atoms with Gasteiger partial charge in [0, 0.05) is 26.9 Å². The summed E-state index contributed by atoms with van der Waals surface area (Å²) in [6.45, 7) is 0.540. The van der Waals surface area contributed by atoms with Crippen LogP contribution in [0.5, 0.6) is 0 Å². The topological polar surface area (TPSA) is 36.1 Å². The van der Waals surface area contributed by atoms with Gasteiger partial charge in [0.15, 0.2) is 0 Å². The minimum absolute atomic E-state index is 0.0364. The number of rotatable bonds is 4. The number of nitrogens with zero attached hydrogens (tertiary/aromatic N) is 1. The molecule has 6 rings (SSSR count). The Hall–Kier alpha value is -3.70. The molecule has 3 nitrogen and oxygen atoms in total. The number of para-hydroxylation sites is 1. The average Bonchev–Trinajstić information content (AvgIpc) is 3.53. The van der Waals surface area contributed by atoms with Gasteiger partial charge < -0.3 is 9.88 Å². The van der Waals surface area contributed by atoms with Crippen molar-refractivity contribution in [3.63, 3.8) is 0 Å². The molecule has 5 aromatic rings. The molecule has 1 aliphatic heterocycles. The molecule has 156 valence electrons. The van der Waals surface area contributed by atoms with Crippen LogP contribution in [-0.2, 0) is 6.54 Å². The van der Waals surface area contributed by atoms with E-state index in [0.29, 0.717) is 6.54 Å². The van der Waals surface area contributed by atoms with E-state index in [0.717, 1.165) is 43.7 Å². The number of nitrogens with one attached hydrogen (secondary N) is 1. The number of amides is 1. The first-order valence-corrected chi connectivity index (χ1v) is 11.4. The van der Waals surface area contributed by atoms with E-state index >= 15 is 0 Å². The molecule has 0 spiro atoms. The normalized spacial score (nSPS) is 15.5. The second kappa shape index (κ2) is 7.46. The number of benzene rings is 3. The molecule has 2 aromatic heterocycles. The van der Waals surface area contributed by atoms with Crippen LogP contribution in [-0.4, -0.2) is 15.8 Å². The Labute approximate surface area is 188 Å². The van der Waals surface area contributed by atoms with Gasteiger partial charge in [-0.2, -0.15) is 0 Å². The van der Waals surface area contributed by atoms with Gasteiger partial charge in [-0.3, -0.25) is 4.79 Å². The van der Waals surface area contributed by atoms with Crippen LogP contribution in [0, 0.1) is 5.82 Å². The fourth-order valence-corrected chi connectivity index (χ4v) is 5.41. The first kappa shape index (κ1) is 19.0. The Balaban J connectivity index is 1.61. The van der Waals surface area contributed by atoms with Gasteiger partial charge in [-0.1, -0.05) is 42.5 Å². The van der Waals surface area contributed by atoms with Crippen molar-refractivity contribution in [2.45, 2.75) is 12.6 Å². The van der Waals surface area contributed by atoms with Crippen molar-refractivity contribution < 1.29 is 9.18 Å². The van der Waals surface area contributed by atoms with Crippen LogP contribution >= 0.6 is 11.3 Å². The average molecular weight is 439 g/mol. The highest BCUT2D eigenvalue weighted by Crippen LogP contribution is 2.46. The predicted molar refractivity (Wildman–Crippen MR) is 126 cm³/mol. The molecular weight excluding hydrogens is 419 g/mol. The minimum Gasteiger partial charge on any atom is -0.354 e. The Morgan fingerprint density at radius 1 is 0.906 bits per heavy atom. The molecule has 1 N–H and O–H groups in total. The van der Waals surface area contributed by atoms with Crippen LogP contribution in [0.3, 0.4) is 0 Å². The number of fused-ring (bicyclic) bond motifs is 2. The van der Waals surface area contributed by atoms with E-state index in [9.17, 15) is 9.18 Å². The number of H-pyrrole nitrogens is 1. The lowest BCUT2D eigenvalue weighted by molar-refractivity contribution is 0.0739. The SMILES string of the molecule is O=C1c2ccccc2C(c2c(-c3ccc(F)cc3)[nH]c3ccccc23)N1Cc1cccs1. The van der Waals surface area contributed by atoms with Gasteiger partial charge in [-0.15, -0.1) is 11.3 Å². The van der Waals surface area contributed by atoms with Crippen molar-refractivity contribution in [1.82, 2.24) is 9.88 Å². The Morgan fingerprint density at radius 2 is 1.69 bits per heavy atom. The molecule has 0 saturated heterocycles. The summed E-state index contributed by atoms with van der Waals surface area (Å²) in [5.74, 6) is -0.235. The van der Waals surface area contributed by atoms with Crippen molar-refractivity contribution in [3.8, 4) is 11.3 Å². The number of hydrogen-bond acceptors (Lipinski definition) is 2. The molecule has 0 saturated carbocycles. The third-order valence-corrected chi connectivity index (χ3v) is 6.98. The minimum atomic E-state index is -0.271. The molecule has 3 aromatic carbocycles. The molecule has 5 heteroatoms. The summed E-state index contributed by atoms with van der Waals surface area (Å²) in [7, 11) is 0. The van der Waals surface area contributed by atoms with Gasteiger partial charge in [0.25, 0.3) is 5.91 Å². The number of carbonyl (C=O) groups excluding carboxylic acids is 1. The van der Waals surface area contributed by atoms with E-state index in [4.69, 9.17) is 0 Å². The lowest BCUT2D eigenvalue weighted by atomic mass is 9.93. The third kappa shape index (κ3) is 2.97. The highest BCUT2D eigenvalue weighted by molar-refractivity contribution is 7.09. The van der Waals surface area contributed by atoms with E-state index in [1.54, 1.807) is 23.5 Å². The molecule has 0 aliphatic carbocycles. The summed E-state index contributed by atoms with van der Waals surface area (Å²) >= 11 is 1.65. The second-order valence-corrected chi connectivity index (χ2v) is 9.00. The molecule has 1 atom stereocenters. The largest absolute Gasteiger partial charge is 0.354 e. The quantitative estimate of drug-likeness (QED) is 0.330. The Bertz CT molecular complexity index is 1440. The number of aromatic nitrogens is 1. The summed E-state index contributed by atoms with van der Waals surface area (Å²) in [6.07, 6.45) is 0. The molecule has 1 aliphatic rings. The van der Waals surface area contributed by atoms with Crippen LogP contribution in [0.1, 0.15) is 32.4 Å². The number of aromatic amines is 1. The Morgan fingerprint density at radius 3 is 2.50 bits per heavy atom. The fourth-order valence-electron chi connectivity index (χ4n) is 4.71. The van der Waals surface area contributed by atoms with Gasteiger partial charge in [-0.05, 0) is 59.0 Å². The van der Waals surface area contributed by atoms with Gasteiger partial charge in [0.05, 0.1) is 18.3 Å². The smallest absolute Gasteiger partial charge is 0.255 e. The van der Waals surface area contributed by atoms with Crippen LogP contribution in [0.25, 0.3) is 22.2 Å². The molecule has 1 amide bonds. The summed E-state index contributed by atoms with van der Waals surface area (Å²) in [5.41, 5.74) is 5.59. The maximum atomic E-state index is 13.7. The third-order valence-electron chi connectivity index (χ3n) is 6.12. The van der Waals surface area contributed by atoms with Gasteiger partial charge in [0.2, 0.25) is 0 Å². The fraction of sp³-hybridized carbons (Fsp3) is 0.0741. The molecule has 0 bridgehead atoms. The summed E-state index contributed by atoms with van der Waals surface area (Å²) in [4.78, 5) is 20.2. The molecular formula is C27H19FN2OS. The van der Waals surface area contributed by atoms with Gasteiger partial charge >= 0.3 is 0 Å². The monoisotopic (exact) mass is 438 g/mol. The second-order valence-electron chi connectivity index (χ2n) is 7.97. The lowest BCUT2D eigenvalue weighted by Crippen LogP contribution is -2.28. The van der Waals surface area contributed by atoms with E-state index in [2.05, 4.69) is 17.1 Å². The zero-order chi connectivity index (χ0) is 21.7. The summed E-state index contributed by atoms with van der Waals surface area (Å²) in [5, 5.41) is 3.10. The van der Waals surface area contributed by atoms with Crippen LogP contribution in [0.4, 0.5) is 4.39 Å². The number of hydrogen-bond donors (Lipinski definition) is 1. The number of halogens is 1. The molecule has 3 heterocycles. The van der Waals surface area contributed by atoms with Crippen LogP contribution in [0.2, 0.25) is 0 Å². The maximum absolute atomic E-state index is 13.7. The maximum Gasteiger partial charge on any atom is 0.255 e. The predicted octanol–water partition coefficient (Wildman–Crippen LogP) is 6.78. The molecule has 1 unspecified atom stereocenters. The van der Waals surface area contributed by atoms with Crippen molar-refractivity contribution in [2.24, 2.45) is 0 Å². The molecule has 32 heavy (non-hydrogen) atoms. The van der Waals surface area contributed by atoms with E-state index < -0.39 is 0 Å². The zero-order valence-electron chi connectivity index (χ0n) is 17.1. The van der Waals surface area contributed by atoms with Gasteiger partial charge in [0.1, 0.15) is 5.82 Å². The standard InChI is InChI=1S/C27H19FN2OS/c28-18-13-11-17(12-14-18)25-24(22-9-3-4-10-23(22)29-25)26-20-7-1-2-8-21(20)27(31)30(26)16-19-6-5-15-32-19/h1-15,26,29H,16H2. The van der Waals surface area contributed by atoms with Crippen LogP contribution < -0.4 is 0 Å². The van der Waals surface area contributed by atoms with Crippen LogP contribution in [0.15, 0.2) is 90.3 Å². The van der Waals surface area contributed by atoms with E-state index in [1.165, 1.54) is 12.1 Å². The first-order chi connectivity index (χ1) is 15.7. The molecule has 0 fully saturated rings. The first-order valence-electron chi connectivity index (χ1n) is 10.5. The summed E-state index contributed by atoms with van der Waals surface area (Å²) < 4.78 is 13.7. The van der Waals surface area contributed by atoms with Crippen molar-refractivity contribution in [3.05, 3.63) is 118 Å². The van der Waals surface area contributed by atoms with Crippen molar-refractivity contribution in [2.75, 3.05) is 0 Å². The lowest BCUT2D eigenvalue weighted by Gasteiger charge is -2.26. The highest BCUT2D eigenvalue weighted by atomic mass is 32.1. The Kier molecular flexibility index (Phi) is 4.44. The van der Waals surface area contributed by atoms with E-state index in [1.807, 2.05) is 58.8 Å².